The van der Waals surface area contributed by atoms with Gasteiger partial charge in [0.15, 0.2) is 5.16 Å². The van der Waals surface area contributed by atoms with Crippen molar-refractivity contribution in [1.29, 1.82) is 0 Å². The maximum absolute atomic E-state index is 11.6. The van der Waals surface area contributed by atoms with Crippen LogP contribution in [0.3, 0.4) is 0 Å². The normalized spacial score (nSPS) is 25.9. The largest absolute Gasteiger partial charge is 0.384 e. The summed E-state index contributed by atoms with van der Waals surface area (Å²) in [4.78, 5) is 4.38. The first-order chi connectivity index (χ1) is 10.9. The fourth-order valence-electron chi connectivity index (χ4n) is 3.06. The number of aliphatic hydroxyl groups is 1. The molecule has 1 fully saturated rings. The Bertz CT molecular complexity index is 539. The van der Waals surface area contributed by atoms with Gasteiger partial charge in [-0.25, -0.2) is 4.98 Å². The number of unbranched alkanes of at least 4 members (excludes halogenated alkanes) is 1. The summed E-state index contributed by atoms with van der Waals surface area (Å²) in [5.74, 6) is 1.81. The third-order valence-corrected chi connectivity index (χ3v) is 7.12. The Morgan fingerprint density at radius 3 is 2.87 bits per heavy atom. The lowest BCUT2D eigenvalue weighted by atomic mass is 9.64. The third-order valence-electron chi connectivity index (χ3n) is 4.93. The predicted molar refractivity (Wildman–Crippen MR) is 102 cm³/mol. The zero-order valence-corrected chi connectivity index (χ0v) is 16.5. The third kappa shape index (κ3) is 4.37. The molecular formula is C18H30N2OS2. The van der Waals surface area contributed by atoms with Crippen molar-refractivity contribution in [3.8, 4) is 0 Å². The topological polar surface area (TPSA) is 38.1 Å². The van der Waals surface area contributed by atoms with E-state index in [1.807, 2.05) is 35.8 Å². The molecule has 1 aromatic rings. The first-order valence-electron chi connectivity index (χ1n) is 8.54. The molecule has 0 saturated heterocycles. The van der Waals surface area contributed by atoms with E-state index in [1.54, 1.807) is 11.8 Å². The van der Waals surface area contributed by atoms with Crippen molar-refractivity contribution in [2.75, 3.05) is 11.5 Å². The minimum absolute atomic E-state index is 0.0967. The zero-order valence-electron chi connectivity index (χ0n) is 14.8. The van der Waals surface area contributed by atoms with Crippen molar-refractivity contribution >= 4 is 23.5 Å². The minimum Gasteiger partial charge on any atom is -0.384 e. The lowest BCUT2D eigenvalue weighted by molar-refractivity contribution is -0.0358. The molecule has 5 heteroatoms. The van der Waals surface area contributed by atoms with E-state index in [4.69, 9.17) is 0 Å². The van der Waals surface area contributed by atoms with E-state index in [0.717, 1.165) is 23.8 Å². The Hall–Kier alpha value is -0.390. The van der Waals surface area contributed by atoms with Crippen LogP contribution in [0, 0.1) is 5.41 Å². The van der Waals surface area contributed by atoms with Crippen molar-refractivity contribution < 1.29 is 5.11 Å². The second-order valence-electron chi connectivity index (χ2n) is 7.07. The molecule has 1 saturated carbocycles. The summed E-state index contributed by atoms with van der Waals surface area (Å²) in [5.41, 5.74) is 0.373. The van der Waals surface area contributed by atoms with Crippen molar-refractivity contribution in [1.82, 2.24) is 9.55 Å². The molecule has 2 rings (SSSR count). The molecule has 1 heterocycles. The van der Waals surface area contributed by atoms with Gasteiger partial charge >= 0.3 is 0 Å². The molecule has 0 aromatic carbocycles. The van der Waals surface area contributed by atoms with Crippen molar-refractivity contribution in [3.63, 3.8) is 0 Å². The van der Waals surface area contributed by atoms with Crippen LogP contribution < -0.4 is 0 Å². The average molecular weight is 355 g/mol. The Labute approximate surface area is 149 Å². The highest BCUT2D eigenvalue weighted by Crippen LogP contribution is 2.49. The van der Waals surface area contributed by atoms with Crippen molar-refractivity contribution in [2.45, 2.75) is 63.6 Å². The summed E-state index contributed by atoms with van der Waals surface area (Å²) in [7, 11) is 2.00. The quantitative estimate of drug-likeness (QED) is 0.560. The summed E-state index contributed by atoms with van der Waals surface area (Å²) in [6, 6.07) is 0. The van der Waals surface area contributed by atoms with Gasteiger partial charge in [0.05, 0.1) is 0 Å². The van der Waals surface area contributed by atoms with Gasteiger partial charge in [0.25, 0.3) is 0 Å². The standard InChI is InChI=1S/C18H30N2OS2/c1-5-6-12-22-13-15-8-7-9-17(2,3)18(15,21)14-23-16-19-10-11-20(16)4/h10-11,13,21H,5-9,12,14H2,1-4H3/b15-13-/t18-/m1/s1. The van der Waals surface area contributed by atoms with Gasteiger partial charge in [-0.05, 0) is 47.8 Å². The van der Waals surface area contributed by atoms with Gasteiger partial charge in [-0.15, -0.1) is 11.8 Å². The summed E-state index contributed by atoms with van der Waals surface area (Å²) in [6.45, 7) is 6.63. The van der Waals surface area contributed by atoms with E-state index in [-0.39, 0.29) is 5.41 Å². The molecule has 1 N–H and O–H groups in total. The Balaban J connectivity index is 2.14. The van der Waals surface area contributed by atoms with Gasteiger partial charge in [0.1, 0.15) is 5.60 Å². The fraction of sp³-hybridized carbons (Fsp3) is 0.722. The average Bonchev–Trinajstić information content (AvgIpc) is 2.91. The molecule has 1 aliphatic carbocycles. The summed E-state index contributed by atoms with van der Waals surface area (Å²) in [5, 5.41) is 14.8. The molecule has 0 unspecified atom stereocenters. The Kier molecular flexibility index (Phi) is 6.69. The van der Waals surface area contributed by atoms with Crippen LogP contribution >= 0.6 is 23.5 Å². The molecule has 0 spiro atoms. The molecular weight excluding hydrogens is 324 g/mol. The number of hydrogen-bond acceptors (Lipinski definition) is 4. The van der Waals surface area contributed by atoms with E-state index in [2.05, 4.69) is 31.2 Å². The Morgan fingerprint density at radius 1 is 1.43 bits per heavy atom. The fourth-order valence-corrected chi connectivity index (χ4v) is 5.46. The lowest BCUT2D eigenvalue weighted by Crippen LogP contribution is -2.51. The van der Waals surface area contributed by atoms with Gasteiger partial charge in [-0.3, -0.25) is 0 Å². The first kappa shape index (κ1) is 18.9. The monoisotopic (exact) mass is 354 g/mol. The van der Waals surface area contributed by atoms with E-state index < -0.39 is 5.60 Å². The van der Waals surface area contributed by atoms with Crippen LogP contribution in [0.2, 0.25) is 0 Å². The van der Waals surface area contributed by atoms with Crippen LogP contribution in [0.25, 0.3) is 0 Å². The number of thioether (sulfide) groups is 2. The molecule has 1 aromatic heterocycles. The second kappa shape index (κ2) is 8.13. The van der Waals surface area contributed by atoms with Crippen LogP contribution in [0.5, 0.6) is 0 Å². The van der Waals surface area contributed by atoms with Crippen LogP contribution in [0.15, 0.2) is 28.5 Å². The highest BCUT2D eigenvalue weighted by Gasteiger charge is 2.48. The van der Waals surface area contributed by atoms with E-state index >= 15 is 0 Å². The van der Waals surface area contributed by atoms with Crippen LogP contribution in [0.1, 0.15) is 52.9 Å². The summed E-state index contributed by atoms with van der Waals surface area (Å²) < 4.78 is 2.02. The van der Waals surface area contributed by atoms with E-state index in [9.17, 15) is 5.11 Å². The predicted octanol–water partition coefficient (Wildman–Crippen LogP) is 4.87. The highest BCUT2D eigenvalue weighted by molar-refractivity contribution is 8.02. The number of imidazole rings is 1. The SMILES string of the molecule is CCCCS/C=C1/CCCC(C)(C)[C@@]1(O)CSc1nccn1C. The number of nitrogens with zero attached hydrogens (tertiary/aromatic N) is 2. The minimum atomic E-state index is -0.749. The molecule has 23 heavy (non-hydrogen) atoms. The van der Waals surface area contributed by atoms with Gasteiger partial charge in [0, 0.05) is 25.2 Å². The Morgan fingerprint density at radius 2 is 2.22 bits per heavy atom. The lowest BCUT2D eigenvalue weighted by Gasteiger charge is -2.48. The number of rotatable bonds is 7. The number of hydrogen-bond donors (Lipinski definition) is 1. The van der Waals surface area contributed by atoms with Crippen molar-refractivity contribution in [2.24, 2.45) is 12.5 Å². The second-order valence-corrected chi connectivity index (χ2v) is 8.99. The zero-order chi connectivity index (χ0) is 16.9. The van der Waals surface area contributed by atoms with Gasteiger partial charge in [-0.1, -0.05) is 39.0 Å². The maximum atomic E-state index is 11.6. The molecule has 3 nitrogen and oxygen atoms in total. The van der Waals surface area contributed by atoms with Crippen LogP contribution in [-0.2, 0) is 7.05 Å². The molecule has 1 aliphatic rings. The number of aromatic nitrogens is 2. The number of aryl methyl sites for hydroxylation is 1. The maximum Gasteiger partial charge on any atom is 0.167 e. The van der Waals surface area contributed by atoms with Crippen molar-refractivity contribution in [3.05, 3.63) is 23.4 Å². The highest BCUT2D eigenvalue weighted by atomic mass is 32.2. The molecule has 0 aliphatic heterocycles. The van der Waals surface area contributed by atoms with Crippen LogP contribution in [0.4, 0.5) is 0 Å². The van der Waals surface area contributed by atoms with Crippen LogP contribution in [-0.4, -0.2) is 31.8 Å². The van der Waals surface area contributed by atoms with E-state index in [0.29, 0.717) is 5.75 Å². The van der Waals surface area contributed by atoms with Gasteiger partial charge in [-0.2, -0.15) is 0 Å². The van der Waals surface area contributed by atoms with Gasteiger partial charge in [0.2, 0.25) is 0 Å². The first-order valence-corrected chi connectivity index (χ1v) is 10.6. The molecule has 0 radical (unpaired) electrons. The molecule has 0 bridgehead atoms. The summed E-state index contributed by atoms with van der Waals surface area (Å²) >= 11 is 3.52. The molecule has 130 valence electrons. The smallest absolute Gasteiger partial charge is 0.167 e. The molecule has 1 atom stereocenters. The summed E-state index contributed by atoms with van der Waals surface area (Å²) in [6.07, 6.45) is 9.48. The van der Waals surface area contributed by atoms with E-state index in [1.165, 1.54) is 24.8 Å². The van der Waals surface area contributed by atoms with Gasteiger partial charge < -0.3 is 9.67 Å². The molecule has 0 amide bonds.